The van der Waals surface area contributed by atoms with Crippen LogP contribution in [0.3, 0.4) is 0 Å². The normalized spacial score (nSPS) is 16.7. The van der Waals surface area contributed by atoms with E-state index in [1.807, 2.05) is 30.5 Å². The molecule has 1 unspecified atom stereocenters. The van der Waals surface area contributed by atoms with Gasteiger partial charge in [-0.2, -0.15) is 0 Å². The van der Waals surface area contributed by atoms with Gasteiger partial charge >= 0.3 is 0 Å². The number of benzene rings is 1. The number of aromatic nitrogens is 3. The number of nitrogens with zero attached hydrogens (tertiary/aromatic N) is 3. The second-order valence-corrected chi connectivity index (χ2v) is 6.73. The van der Waals surface area contributed by atoms with Crippen molar-refractivity contribution in [1.82, 2.24) is 20.3 Å². The molecule has 1 saturated carbocycles. The summed E-state index contributed by atoms with van der Waals surface area (Å²) >= 11 is 0. The molecule has 1 N–H and O–H groups in total. The molecule has 1 aliphatic carbocycles. The highest BCUT2D eigenvalue weighted by atomic mass is 16.5. The Bertz CT molecular complexity index is 693. The van der Waals surface area contributed by atoms with Crippen molar-refractivity contribution in [3.8, 4) is 5.75 Å². The van der Waals surface area contributed by atoms with Gasteiger partial charge in [-0.1, -0.05) is 37.3 Å². The second kappa shape index (κ2) is 6.63. The van der Waals surface area contributed by atoms with Crippen LogP contribution in [0.15, 0.2) is 36.7 Å². The maximum absolute atomic E-state index is 13.0. The molecule has 6 heteroatoms. The maximum Gasteiger partial charge on any atom is 0.231 e. The molecule has 0 bridgehead atoms. The predicted molar refractivity (Wildman–Crippen MR) is 90.7 cm³/mol. The zero-order valence-electron chi connectivity index (χ0n) is 14.4. The SMILES string of the molecule is COc1ccccc1C1(C(=O)NC(Cn2ccnn2)C(C)C)CC1. The van der Waals surface area contributed by atoms with Crippen molar-refractivity contribution < 1.29 is 9.53 Å². The molecule has 1 aromatic carbocycles. The van der Waals surface area contributed by atoms with Crippen molar-refractivity contribution in [3.05, 3.63) is 42.2 Å². The summed E-state index contributed by atoms with van der Waals surface area (Å²) < 4.78 is 7.21. The van der Waals surface area contributed by atoms with Gasteiger partial charge < -0.3 is 10.1 Å². The van der Waals surface area contributed by atoms with Gasteiger partial charge in [0.2, 0.25) is 5.91 Å². The highest BCUT2D eigenvalue weighted by molar-refractivity contribution is 5.92. The maximum atomic E-state index is 13.0. The minimum absolute atomic E-state index is 0.00591. The number of hydrogen-bond donors (Lipinski definition) is 1. The van der Waals surface area contributed by atoms with E-state index in [9.17, 15) is 4.79 Å². The molecule has 128 valence electrons. The molecule has 1 atom stereocenters. The first-order valence-corrected chi connectivity index (χ1v) is 8.35. The minimum atomic E-state index is -0.456. The van der Waals surface area contributed by atoms with Crippen molar-refractivity contribution >= 4 is 5.91 Å². The average molecular weight is 328 g/mol. The first-order valence-electron chi connectivity index (χ1n) is 8.35. The third-order valence-electron chi connectivity index (χ3n) is 4.78. The molecule has 0 radical (unpaired) electrons. The molecule has 6 nitrogen and oxygen atoms in total. The van der Waals surface area contributed by atoms with Crippen LogP contribution < -0.4 is 10.1 Å². The first-order chi connectivity index (χ1) is 11.6. The summed E-state index contributed by atoms with van der Waals surface area (Å²) in [6.45, 7) is 4.82. The van der Waals surface area contributed by atoms with Crippen molar-refractivity contribution in [2.45, 2.75) is 44.7 Å². The van der Waals surface area contributed by atoms with Crippen LogP contribution in [0.1, 0.15) is 32.3 Å². The van der Waals surface area contributed by atoms with Crippen LogP contribution in [0.4, 0.5) is 0 Å². The van der Waals surface area contributed by atoms with Gasteiger partial charge in [0.25, 0.3) is 0 Å². The fourth-order valence-electron chi connectivity index (χ4n) is 3.04. The molecule has 2 aromatic rings. The first kappa shape index (κ1) is 16.5. The monoisotopic (exact) mass is 328 g/mol. The van der Waals surface area contributed by atoms with E-state index in [-0.39, 0.29) is 11.9 Å². The third-order valence-corrected chi connectivity index (χ3v) is 4.78. The van der Waals surface area contributed by atoms with E-state index in [1.165, 1.54) is 0 Å². The Balaban J connectivity index is 1.77. The number of rotatable bonds is 7. The van der Waals surface area contributed by atoms with Crippen molar-refractivity contribution in [1.29, 1.82) is 0 Å². The second-order valence-electron chi connectivity index (χ2n) is 6.73. The molecular formula is C18H24N4O2. The minimum Gasteiger partial charge on any atom is -0.496 e. The number of nitrogens with one attached hydrogen (secondary N) is 1. The van der Waals surface area contributed by atoms with Gasteiger partial charge in [0.1, 0.15) is 5.75 Å². The molecule has 1 amide bonds. The number of amides is 1. The summed E-state index contributed by atoms with van der Waals surface area (Å²) in [6, 6.07) is 7.80. The Morgan fingerprint density at radius 3 is 2.71 bits per heavy atom. The van der Waals surface area contributed by atoms with Crippen LogP contribution >= 0.6 is 0 Å². The summed E-state index contributed by atoms with van der Waals surface area (Å²) in [7, 11) is 1.65. The van der Waals surface area contributed by atoms with Crippen LogP contribution in [0.5, 0.6) is 5.75 Å². The van der Waals surface area contributed by atoms with Gasteiger partial charge in [-0.05, 0) is 24.8 Å². The number of hydrogen-bond acceptors (Lipinski definition) is 4. The van der Waals surface area contributed by atoms with Gasteiger partial charge in [-0.15, -0.1) is 5.10 Å². The molecule has 1 aromatic heterocycles. The largest absolute Gasteiger partial charge is 0.496 e. The van der Waals surface area contributed by atoms with Crippen molar-refractivity contribution in [2.75, 3.05) is 7.11 Å². The fraction of sp³-hybridized carbons (Fsp3) is 0.500. The molecule has 1 aliphatic rings. The van der Waals surface area contributed by atoms with Crippen LogP contribution in [-0.4, -0.2) is 34.1 Å². The van der Waals surface area contributed by atoms with E-state index in [0.29, 0.717) is 12.5 Å². The number of carbonyl (C=O) groups is 1. The summed E-state index contributed by atoms with van der Waals surface area (Å²) in [5, 5.41) is 11.1. The lowest BCUT2D eigenvalue weighted by molar-refractivity contribution is -0.124. The highest BCUT2D eigenvalue weighted by Gasteiger charge is 2.53. The molecule has 1 fully saturated rings. The Labute approximate surface area is 142 Å². The van der Waals surface area contributed by atoms with Crippen LogP contribution in [0, 0.1) is 5.92 Å². The molecular weight excluding hydrogens is 304 g/mol. The number of para-hydroxylation sites is 1. The van der Waals surface area contributed by atoms with Gasteiger partial charge in [-0.25, -0.2) is 0 Å². The molecule has 0 spiro atoms. The van der Waals surface area contributed by atoms with E-state index in [1.54, 1.807) is 18.0 Å². The molecule has 1 heterocycles. The van der Waals surface area contributed by atoms with Crippen LogP contribution in [0.25, 0.3) is 0 Å². The Hall–Kier alpha value is -2.37. The number of carbonyl (C=O) groups excluding carboxylic acids is 1. The lowest BCUT2D eigenvalue weighted by atomic mass is 9.92. The van der Waals surface area contributed by atoms with Gasteiger partial charge in [-0.3, -0.25) is 9.48 Å². The van der Waals surface area contributed by atoms with Crippen LogP contribution in [0.2, 0.25) is 0 Å². The summed E-state index contributed by atoms with van der Waals surface area (Å²) in [6.07, 6.45) is 5.17. The van der Waals surface area contributed by atoms with Gasteiger partial charge in [0, 0.05) is 11.8 Å². The predicted octanol–water partition coefficient (Wildman–Crippen LogP) is 2.16. The lowest BCUT2D eigenvalue weighted by Crippen LogP contribution is -2.46. The standard InChI is InChI=1S/C18H24N4O2/c1-13(2)15(12-22-11-10-19-21-22)20-17(23)18(8-9-18)14-6-4-5-7-16(14)24-3/h4-7,10-11,13,15H,8-9,12H2,1-3H3,(H,20,23). The van der Waals surface area contributed by atoms with Gasteiger partial charge in [0.15, 0.2) is 0 Å². The van der Waals surface area contributed by atoms with E-state index < -0.39 is 5.41 Å². The summed E-state index contributed by atoms with van der Waals surface area (Å²) in [4.78, 5) is 13.0. The van der Waals surface area contributed by atoms with E-state index in [0.717, 1.165) is 24.2 Å². The fourth-order valence-corrected chi connectivity index (χ4v) is 3.04. The Kier molecular flexibility index (Phi) is 4.55. The third kappa shape index (κ3) is 3.13. The lowest BCUT2D eigenvalue weighted by Gasteiger charge is -2.26. The summed E-state index contributed by atoms with van der Waals surface area (Å²) in [5.41, 5.74) is 0.524. The zero-order valence-corrected chi connectivity index (χ0v) is 14.4. The van der Waals surface area contributed by atoms with E-state index >= 15 is 0 Å². The zero-order chi connectivity index (χ0) is 17.2. The Morgan fingerprint density at radius 1 is 1.38 bits per heavy atom. The molecule has 3 rings (SSSR count). The van der Waals surface area contributed by atoms with E-state index in [4.69, 9.17) is 4.74 Å². The highest BCUT2D eigenvalue weighted by Crippen LogP contribution is 2.51. The number of methoxy groups -OCH3 is 1. The smallest absolute Gasteiger partial charge is 0.231 e. The van der Waals surface area contributed by atoms with Gasteiger partial charge in [0.05, 0.1) is 31.3 Å². The number of ether oxygens (including phenoxy) is 1. The topological polar surface area (TPSA) is 69.0 Å². The van der Waals surface area contributed by atoms with Crippen LogP contribution in [-0.2, 0) is 16.8 Å². The Morgan fingerprint density at radius 2 is 2.12 bits per heavy atom. The molecule has 0 aliphatic heterocycles. The summed E-state index contributed by atoms with van der Waals surface area (Å²) in [5.74, 6) is 1.15. The van der Waals surface area contributed by atoms with E-state index in [2.05, 4.69) is 29.5 Å². The van der Waals surface area contributed by atoms with Crippen molar-refractivity contribution in [3.63, 3.8) is 0 Å². The molecule has 0 saturated heterocycles. The quantitative estimate of drug-likeness (QED) is 0.845. The molecule has 24 heavy (non-hydrogen) atoms. The average Bonchev–Trinajstić information content (AvgIpc) is 3.24. The van der Waals surface area contributed by atoms with Crippen molar-refractivity contribution in [2.24, 2.45) is 5.92 Å².